The first-order valence-corrected chi connectivity index (χ1v) is 9.79. The van der Waals surface area contributed by atoms with Crippen molar-refractivity contribution in [1.29, 1.82) is 0 Å². The van der Waals surface area contributed by atoms with Crippen LogP contribution in [0.25, 0.3) is 0 Å². The van der Waals surface area contributed by atoms with Gasteiger partial charge in [-0.25, -0.2) is 9.97 Å². The first-order valence-electron chi connectivity index (χ1n) is 9.79. The predicted octanol–water partition coefficient (Wildman–Crippen LogP) is 3.25. The Morgan fingerprint density at radius 1 is 1.10 bits per heavy atom. The molecule has 2 heterocycles. The van der Waals surface area contributed by atoms with E-state index in [0.29, 0.717) is 17.5 Å². The molecule has 0 spiro atoms. The van der Waals surface area contributed by atoms with E-state index in [0.717, 1.165) is 36.3 Å². The third-order valence-corrected chi connectivity index (χ3v) is 5.11. The van der Waals surface area contributed by atoms with E-state index in [4.69, 9.17) is 0 Å². The van der Waals surface area contributed by atoms with Crippen molar-refractivity contribution < 1.29 is 9.59 Å². The first-order chi connectivity index (χ1) is 14.0. The van der Waals surface area contributed by atoms with Crippen LogP contribution in [0.5, 0.6) is 0 Å². The van der Waals surface area contributed by atoms with Crippen LogP contribution in [0, 0.1) is 5.92 Å². The van der Waals surface area contributed by atoms with Gasteiger partial charge in [0.25, 0.3) is 5.91 Å². The van der Waals surface area contributed by atoms with Crippen molar-refractivity contribution in [1.82, 2.24) is 19.9 Å². The summed E-state index contributed by atoms with van der Waals surface area (Å²) in [5, 5.41) is 5.62. The van der Waals surface area contributed by atoms with Gasteiger partial charge in [-0.2, -0.15) is 0 Å². The summed E-state index contributed by atoms with van der Waals surface area (Å²) in [5.74, 6) is 0.839. The third-order valence-electron chi connectivity index (χ3n) is 5.11. The minimum Gasteiger partial charge on any atom is -0.328 e. The quantitative estimate of drug-likeness (QED) is 0.533. The number of nitrogens with zero attached hydrogens (tertiary/aromatic N) is 2. The van der Waals surface area contributed by atoms with Gasteiger partial charge in [-0.3, -0.25) is 20.2 Å². The molecule has 0 fully saturated rings. The average molecular weight is 392 g/mol. The number of rotatable bonds is 5. The molecule has 150 valence electrons. The van der Waals surface area contributed by atoms with Crippen LogP contribution in [-0.4, -0.2) is 31.8 Å². The highest BCUT2D eigenvalue weighted by molar-refractivity contribution is 6.03. The number of H-pyrrole nitrogens is 2. The fourth-order valence-electron chi connectivity index (χ4n) is 3.44. The molecule has 4 rings (SSSR count). The molecule has 0 aliphatic heterocycles. The van der Waals surface area contributed by atoms with Gasteiger partial charge >= 0.3 is 0 Å². The van der Waals surface area contributed by atoms with Gasteiger partial charge < -0.3 is 9.97 Å². The number of anilines is 2. The van der Waals surface area contributed by atoms with Gasteiger partial charge in [0, 0.05) is 28.8 Å². The largest absolute Gasteiger partial charge is 0.328 e. The van der Waals surface area contributed by atoms with Gasteiger partial charge in [0.05, 0.1) is 11.9 Å². The fraction of sp³-hybridized carbons (Fsp3) is 0.333. The minimum absolute atomic E-state index is 0.0555. The Hall–Kier alpha value is -3.42. The van der Waals surface area contributed by atoms with Gasteiger partial charge in [0.2, 0.25) is 17.8 Å². The second-order valence-corrected chi connectivity index (χ2v) is 7.60. The number of hydrogen-bond acceptors (Lipinski definition) is 4. The van der Waals surface area contributed by atoms with Crippen LogP contribution in [-0.2, 0) is 17.6 Å². The molecule has 8 heteroatoms. The Bertz CT molecular complexity index is 1020. The lowest BCUT2D eigenvalue weighted by Crippen LogP contribution is -2.18. The van der Waals surface area contributed by atoms with Gasteiger partial charge in [-0.05, 0) is 31.4 Å². The van der Waals surface area contributed by atoms with E-state index >= 15 is 0 Å². The van der Waals surface area contributed by atoms with E-state index in [1.807, 2.05) is 32.0 Å². The van der Waals surface area contributed by atoms with Crippen LogP contribution in [0.15, 0.2) is 36.5 Å². The summed E-state index contributed by atoms with van der Waals surface area (Å²) < 4.78 is 0. The molecule has 8 nitrogen and oxygen atoms in total. The van der Waals surface area contributed by atoms with Gasteiger partial charge in [-0.1, -0.05) is 32.0 Å². The summed E-state index contributed by atoms with van der Waals surface area (Å²) in [6, 6.07) is 9.04. The molecule has 29 heavy (non-hydrogen) atoms. The lowest BCUT2D eigenvalue weighted by atomic mass is 9.88. The number of aryl methyl sites for hydroxylation is 1. The molecule has 0 unspecified atom stereocenters. The molecule has 4 N–H and O–H groups in total. The zero-order chi connectivity index (χ0) is 20.4. The van der Waals surface area contributed by atoms with Crippen LogP contribution >= 0.6 is 0 Å². The summed E-state index contributed by atoms with van der Waals surface area (Å²) in [6.45, 7) is 3.70. The van der Waals surface area contributed by atoms with Crippen molar-refractivity contribution >= 4 is 23.7 Å². The first kappa shape index (κ1) is 18.9. The number of benzene rings is 1. The van der Waals surface area contributed by atoms with Gasteiger partial charge in [0.15, 0.2) is 0 Å². The second kappa shape index (κ2) is 7.90. The number of carbonyl (C=O) groups excluding carboxylic acids is 2. The fourth-order valence-corrected chi connectivity index (χ4v) is 3.44. The summed E-state index contributed by atoms with van der Waals surface area (Å²) in [4.78, 5) is 39.4. The Balaban J connectivity index is 1.42. The van der Waals surface area contributed by atoms with Crippen molar-refractivity contribution in [2.24, 2.45) is 5.92 Å². The van der Waals surface area contributed by atoms with Crippen molar-refractivity contribution in [3.8, 4) is 0 Å². The maximum absolute atomic E-state index is 12.3. The second-order valence-electron chi connectivity index (χ2n) is 7.60. The van der Waals surface area contributed by atoms with Crippen molar-refractivity contribution in [2.75, 3.05) is 10.6 Å². The third kappa shape index (κ3) is 4.21. The number of imidazole rings is 2. The number of carbonyl (C=O) groups is 2. The molecule has 1 aliphatic rings. The minimum atomic E-state index is -0.198. The Morgan fingerprint density at radius 3 is 2.66 bits per heavy atom. The van der Waals surface area contributed by atoms with Crippen LogP contribution in [0.4, 0.5) is 11.9 Å². The van der Waals surface area contributed by atoms with Crippen molar-refractivity contribution in [3.05, 3.63) is 59.2 Å². The number of fused-ring (bicyclic) bond motifs is 1. The highest BCUT2D eigenvalue weighted by atomic mass is 16.2. The van der Waals surface area contributed by atoms with Gasteiger partial charge in [-0.15, -0.1) is 0 Å². The molecule has 1 atom stereocenters. The molecule has 2 aromatic heterocycles. The zero-order valence-electron chi connectivity index (χ0n) is 16.5. The highest BCUT2D eigenvalue weighted by Gasteiger charge is 2.25. The molecule has 1 aliphatic carbocycles. The lowest BCUT2D eigenvalue weighted by molar-refractivity contribution is -0.118. The van der Waals surface area contributed by atoms with Crippen LogP contribution in [0.3, 0.4) is 0 Å². The normalized spacial score (nSPS) is 15.8. The Labute approximate surface area is 168 Å². The average Bonchev–Trinajstić information content (AvgIpc) is 3.34. The maximum Gasteiger partial charge on any atom is 0.257 e. The van der Waals surface area contributed by atoms with E-state index in [-0.39, 0.29) is 23.7 Å². The molecule has 1 aromatic carbocycles. The molecule has 0 saturated carbocycles. The number of amides is 2. The number of aromatic amines is 2. The zero-order valence-corrected chi connectivity index (χ0v) is 16.5. The van der Waals surface area contributed by atoms with Gasteiger partial charge in [0.1, 0.15) is 0 Å². The summed E-state index contributed by atoms with van der Waals surface area (Å²) in [5.41, 5.74) is 3.59. The molecular weight excluding hydrogens is 368 g/mol. The summed E-state index contributed by atoms with van der Waals surface area (Å²) >= 11 is 0. The summed E-state index contributed by atoms with van der Waals surface area (Å²) in [7, 11) is 0. The van der Waals surface area contributed by atoms with Crippen LogP contribution < -0.4 is 10.6 Å². The SMILES string of the molecule is CC(C)C(=O)Nc1nc2c([nH]1)C[C@@H](c1cnc(NC(=O)c3ccccc3)[nH]1)CC2. The monoisotopic (exact) mass is 392 g/mol. The predicted molar refractivity (Wildman–Crippen MR) is 110 cm³/mol. The van der Waals surface area contributed by atoms with Crippen molar-refractivity contribution in [2.45, 2.75) is 39.0 Å². The van der Waals surface area contributed by atoms with Crippen molar-refractivity contribution in [3.63, 3.8) is 0 Å². The van der Waals surface area contributed by atoms with Crippen LogP contribution in [0.1, 0.15) is 53.6 Å². The van der Waals surface area contributed by atoms with E-state index < -0.39 is 0 Å². The maximum atomic E-state index is 12.3. The highest BCUT2D eigenvalue weighted by Crippen LogP contribution is 2.32. The van der Waals surface area contributed by atoms with E-state index in [1.165, 1.54) is 0 Å². The molecule has 2 amide bonds. The Morgan fingerprint density at radius 2 is 1.90 bits per heavy atom. The summed E-state index contributed by atoms with van der Waals surface area (Å²) in [6.07, 6.45) is 4.28. The molecule has 0 saturated heterocycles. The molecular formula is C21H24N6O2. The number of hydrogen-bond donors (Lipinski definition) is 4. The number of nitrogens with one attached hydrogen (secondary N) is 4. The van der Waals surface area contributed by atoms with Crippen LogP contribution in [0.2, 0.25) is 0 Å². The smallest absolute Gasteiger partial charge is 0.257 e. The molecule has 3 aromatic rings. The number of aromatic nitrogens is 4. The standard InChI is InChI=1S/C21H24N6O2/c1-12(2)18(28)26-21-23-15-9-8-14(10-16(15)24-21)17-11-22-20(25-17)27-19(29)13-6-4-3-5-7-13/h3-7,11-12,14H,8-10H2,1-2H3,(H2,22,25,27,29)(H2,23,24,26,28)/t14-/m0/s1. The molecule has 0 bridgehead atoms. The Kier molecular flexibility index (Phi) is 5.16. The van der Waals surface area contributed by atoms with E-state index in [9.17, 15) is 9.59 Å². The topological polar surface area (TPSA) is 116 Å². The van der Waals surface area contributed by atoms with E-state index in [1.54, 1.807) is 18.3 Å². The lowest BCUT2D eigenvalue weighted by Gasteiger charge is -2.19. The molecule has 0 radical (unpaired) electrons. The van der Waals surface area contributed by atoms with E-state index in [2.05, 4.69) is 30.6 Å².